The SMILES string of the molecule is CCCOc1cc2c(cc1OCCC)C(C)CC2=O. The van der Waals surface area contributed by atoms with E-state index in [4.69, 9.17) is 9.47 Å². The van der Waals surface area contributed by atoms with E-state index < -0.39 is 0 Å². The molecule has 0 amide bonds. The lowest BCUT2D eigenvalue weighted by molar-refractivity contribution is 0.0990. The zero-order valence-corrected chi connectivity index (χ0v) is 12.0. The molecule has 0 saturated heterocycles. The Hall–Kier alpha value is -1.51. The Morgan fingerprint density at radius 1 is 1.11 bits per heavy atom. The molecule has 19 heavy (non-hydrogen) atoms. The van der Waals surface area contributed by atoms with Gasteiger partial charge in [-0.1, -0.05) is 20.8 Å². The predicted molar refractivity (Wildman–Crippen MR) is 75.4 cm³/mol. The summed E-state index contributed by atoms with van der Waals surface area (Å²) in [5.41, 5.74) is 1.91. The Kier molecular flexibility index (Phi) is 4.46. The van der Waals surface area contributed by atoms with Gasteiger partial charge in [0.15, 0.2) is 17.3 Å². The molecule has 0 fully saturated rings. The van der Waals surface area contributed by atoms with Gasteiger partial charge >= 0.3 is 0 Å². The minimum atomic E-state index is 0.214. The highest BCUT2D eigenvalue weighted by Crippen LogP contribution is 2.40. The Morgan fingerprint density at radius 2 is 1.68 bits per heavy atom. The van der Waals surface area contributed by atoms with Gasteiger partial charge in [-0.15, -0.1) is 0 Å². The molecule has 1 aliphatic carbocycles. The maximum atomic E-state index is 11.9. The largest absolute Gasteiger partial charge is 0.490 e. The number of hydrogen-bond acceptors (Lipinski definition) is 3. The Labute approximate surface area is 114 Å². The molecule has 1 aromatic rings. The van der Waals surface area contributed by atoms with E-state index in [1.807, 2.05) is 12.1 Å². The van der Waals surface area contributed by atoms with Crippen molar-refractivity contribution >= 4 is 5.78 Å². The van der Waals surface area contributed by atoms with E-state index >= 15 is 0 Å². The molecular weight excluding hydrogens is 240 g/mol. The summed E-state index contributed by atoms with van der Waals surface area (Å²) in [6.45, 7) is 7.54. The molecule has 0 aliphatic heterocycles. The van der Waals surface area contributed by atoms with Gasteiger partial charge in [0.25, 0.3) is 0 Å². The second-order valence-corrected chi connectivity index (χ2v) is 5.11. The highest BCUT2D eigenvalue weighted by Gasteiger charge is 2.28. The van der Waals surface area contributed by atoms with Gasteiger partial charge in [-0.25, -0.2) is 0 Å². The summed E-state index contributed by atoms with van der Waals surface area (Å²) in [5, 5.41) is 0. The first-order valence-corrected chi connectivity index (χ1v) is 7.14. The van der Waals surface area contributed by atoms with Crippen molar-refractivity contribution in [3.05, 3.63) is 23.3 Å². The second-order valence-electron chi connectivity index (χ2n) is 5.11. The molecule has 1 unspecified atom stereocenters. The number of carbonyl (C=O) groups excluding carboxylic acids is 1. The van der Waals surface area contributed by atoms with Crippen molar-refractivity contribution in [2.24, 2.45) is 0 Å². The molecule has 1 atom stereocenters. The Balaban J connectivity index is 2.34. The molecule has 0 spiro atoms. The van der Waals surface area contributed by atoms with Crippen LogP contribution < -0.4 is 9.47 Å². The van der Waals surface area contributed by atoms with Gasteiger partial charge in [0.05, 0.1) is 13.2 Å². The number of rotatable bonds is 6. The third kappa shape index (κ3) is 2.91. The minimum Gasteiger partial charge on any atom is -0.490 e. The van der Waals surface area contributed by atoms with E-state index in [1.165, 1.54) is 0 Å². The zero-order chi connectivity index (χ0) is 13.8. The number of Topliss-reactive ketones (excluding diaryl/α,β-unsaturated/α-hetero) is 1. The molecule has 0 bridgehead atoms. The standard InChI is InChI=1S/C16H22O3/c1-4-6-18-15-9-12-11(3)8-14(17)13(12)10-16(15)19-7-5-2/h9-11H,4-8H2,1-3H3. The van der Waals surface area contributed by atoms with Crippen LogP contribution in [0, 0.1) is 0 Å². The molecule has 1 aliphatic rings. The molecule has 0 N–H and O–H groups in total. The number of ketones is 1. The van der Waals surface area contributed by atoms with Crippen LogP contribution in [0.25, 0.3) is 0 Å². The van der Waals surface area contributed by atoms with Crippen molar-refractivity contribution in [1.29, 1.82) is 0 Å². The number of ether oxygens (including phenoxy) is 2. The smallest absolute Gasteiger partial charge is 0.163 e. The molecule has 0 heterocycles. The first kappa shape index (κ1) is 13.9. The van der Waals surface area contributed by atoms with Crippen LogP contribution in [0.4, 0.5) is 0 Å². The number of carbonyl (C=O) groups is 1. The lowest BCUT2D eigenvalue weighted by atomic mass is 10.0. The highest BCUT2D eigenvalue weighted by molar-refractivity contribution is 6.02. The zero-order valence-electron chi connectivity index (χ0n) is 12.0. The summed E-state index contributed by atoms with van der Waals surface area (Å²) in [4.78, 5) is 11.9. The van der Waals surface area contributed by atoms with Gasteiger partial charge < -0.3 is 9.47 Å². The highest BCUT2D eigenvalue weighted by atomic mass is 16.5. The van der Waals surface area contributed by atoms with Gasteiger partial charge in [-0.3, -0.25) is 4.79 Å². The predicted octanol–water partition coefficient (Wildman–Crippen LogP) is 3.95. The summed E-state index contributed by atoms with van der Waals surface area (Å²) in [6, 6.07) is 3.85. The summed E-state index contributed by atoms with van der Waals surface area (Å²) >= 11 is 0. The molecule has 0 aromatic heterocycles. The summed E-state index contributed by atoms with van der Waals surface area (Å²) < 4.78 is 11.5. The van der Waals surface area contributed by atoms with E-state index in [2.05, 4.69) is 20.8 Å². The fourth-order valence-corrected chi connectivity index (χ4v) is 2.37. The first-order chi connectivity index (χ1) is 9.17. The average Bonchev–Trinajstić information content (AvgIpc) is 2.68. The van der Waals surface area contributed by atoms with E-state index in [0.29, 0.717) is 25.4 Å². The van der Waals surface area contributed by atoms with Crippen LogP contribution in [0.15, 0.2) is 12.1 Å². The molecule has 1 aromatic carbocycles. The van der Waals surface area contributed by atoms with Crippen LogP contribution in [0.2, 0.25) is 0 Å². The Morgan fingerprint density at radius 3 is 2.26 bits per heavy atom. The number of fused-ring (bicyclic) bond motifs is 1. The van der Waals surface area contributed by atoms with Crippen molar-refractivity contribution in [3.8, 4) is 11.5 Å². The van der Waals surface area contributed by atoms with Crippen LogP contribution in [-0.2, 0) is 0 Å². The van der Waals surface area contributed by atoms with Crippen LogP contribution in [-0.4, -0.2) is 19.0 Å². The van der Waals surface area contributed by atoms with Crippen molar-refractivity contribution in [2.45, 2.75) is 46.0 Å². The molecule has 3 heteroatoms. The van der Waals surface area contributed by atoms with Crippen molar-refractivity contribution in [1.82, 2.24) is 0 Å². The van der Waals surface area contributed by atoms with Gasteiger partial charge in [0.1, 0.15) is 0 Å². The molecule has 0 radical (unpaired) electrons. The lowest BCUT2D eigenvalue weighted by Crippen LogP contribution is -2.03. The number of benzene rings is 1. The van der Waals surface area contributed by atoms with E-state index in [1.54, 1.807) is 0 Å². The van der Waals surface area contributed by atoms with Crippen LogP contribution in [0.1, 0.15) is 61.9 Å². The monoisotopic (exact) mass is 262 g/mol. The topological polar surface area (TPSA) is 35.5 Å². The van der Waals surface area contributed by atoms with Gasteiger partial charge in [0.2, 0.25) is 0 Å². The van der Waals surface area contributed by atoms with Crippen LogP contribution >= 0.6 is 0 Å². The summed E-state index contributed by atoms with van der Waals surface area (Å²) in [5.74, 6) is 1.98. The lowest BCUT2D eigenvalue weighted by Gasteiger charge is -2.14. The molecule has 104 valence electrons. The maximum absolute atomic E-state index is 11.9. The fourth-order valence-electron chi connectivity index (χ4n) is 2.37. The average molecular weight is 262 g/mol. The Bertz CT molecular complexity index is 465. The minimum absolute atomic E-state index is 0.214. The van der Waals surface area contributed by atoms with Gasteiger partial charge in [-0.2, -0.15) is 0 Å². The van der Waals surface area contributed by atoms with Crippen molar-refractivity contribution in [2.75, 3.05) is 13.2 Å². The van der Waals surface area contributed by atoms with Crippen LogP contribution in [0.5, 0.6) is 11.5 Å². The molecular formula is C16H22O3. The third-order valence-corrected chi connectivity index (χ3v) is 3.36. The molecule has 2 rings (SSSR count). The third-order valence-electron chi connectivity index (χ3n) is 3.36. The molecule has 3 nitrogen and oxygen atoms in total. The van der Waals surface area contributed by atoms with E-state index in [9.17, 15) is 4.79 Å². The van der Waals surface area contributed by atoms with E-state index in [0.717, 1.165) is 29.7 Å². The normalized spacial score (nSPS) is 17.4. The van der Waals surface area contributed by atoms with Crippen LogP contribution in [0.3, 0.4) is 0 Å². The quantitative estimate of drug-likeness (QED) is 0.778. The van der Waals surface area contributed by atoms with Crippen molar-refractivity contribution in [3.63, 3.8) is 0 Å². The number of hydrogen-bond donors (Lipinski definition) is 0. The fraction of sp³-hybridized carbons (Fsp3) is 0.562. The van der Waals surface area contributed by atoms with Gasteiger partial charge in [-0.05, 0) is 36.5 Å². The second kappa shape index (κ2) is 6.09. The van der Waals surface area contributed by atoms with E-state index in [-0.39, 0.29) is 11.7 Å². The first-order valence-electron chi connectivity index (χ1n) is 7.14. The van der Waals surface area contributed by atoms with Gasteiger partial charge in [0, 0.05) is 12.0 Å². The maximum Gasteiger partial charge on any atom is 0.163 e. The summed E-state index contributed by atoms with van der Waals surface area (Å²) in [6.07, 6.45) is 2.49. The molecule has 0 saturated carbocycles. The summed E-state index contributed by atoms with van der Waals surface area (Å²) in [7, 11) is 0. The van der Waals surface area contributed by atoms with Crippen molar-refractivity contribution < 1.29 is 14.3 Å².